The van der Waals surface area contributed by atoms with Gasteiger partial charge in [0.05, 0.1) is 24.0 Å². The first-order chi connectivity index (χ1) is 13.6. The van der Waals surface area contributed by atoms with Crippen molar-refractivity contribution in [2.45, 2.75) is 51.5 Å². The van der Waals surface area contributed by atoms with Gasteiger partial charge in [0.1, 0.15) is 5.75 Å². The monoisotopic (exact) mass is 377 g/mol. The van der Waals surface area contributed by atoms with Gasteiger partial charge < -0.3 is 10.1 Å². The van der Waals surface area contributed by atoms with Crippen molar-refractivity contribution < 1.29 is 4.74 Å². The molecule has 0 amide bonds. The minimum atomic E-state index is -0.325. The van der Waals surface area contributed by atoms with Crippen LogP contribution in [0.2, 0.25) is 0 Å². The third-order valence-corrected chi connectivity index (χ3v) is 5.54. The second kappa shape index (κ2) is 7.62. The fourth-order valence-corrected chi connectivity index (χ4v) is 4.30. The largest absolute Gasteiger partial charge is 0.495 e. The summed E-state index contributed by atoms with van der Waals surface area (Å²) in [5.41, 5.74) is 4.05. The van der Waals surface area contributed by atoms with E-state index in [0.717, 1.165) is 48.6 Å². The maximum Gasteiger partial charge on any atom is 0.181 e. The van der Waals surface area contributed by atoms with Crippen LogP contribution in [0.25, 0.3) is 5.69 Å². The van der Waals surface area contributed by atoms with Crippen molar-refractivity contribution in [3.8, 4) is 11.4 Å². The molecule has 146 valence electrons. The van der Waals surface area contributed by atoms with Crippen LogP contribution in [-0.2, 0) is 5.54 Å². The summed E-state index contributed by atoms with van der Waals surface area (Å²) in [6.07, 6.45) is 5.48. The van der Waals surface area contributed by atoms with Gasteiger partial charge in [-0.05, 0) is 72.5 Å². The maximum atomic E-state index is 5.57. The van der Waals surface area contributed by atoms with Crippen LogP contribution in [0.1, 0.15) is 49.1 Å². The zero-order chi connectivity index (χ0) is 19.6. The normalized spacial score (nSPS) is 16.0. The average molecular weight is 377 g/mol. The number of hydrogen-bond acceptors (Lipinski definition) is 5. The molecule has 1 aliphatic rings. The van der Waals surface area contributed by atoms with Crippen molar-refractivity contribution in [3.05, 3.63) is 59.4 Å². The number of benzene rings is 2. The van der Waals surface area contributed by atoms with E-state index in [2.05, 4.69) is 59.0 Å². The van der Waals surface area contributed by atoms with E-state index in [-0.39, 0.29) is 5.54 Å². The van der Waals surface area contributed by atoms with Crippen molar-refractivity contribution in [1.82, 2.24) is 20.2 Å². The summed E-state index contributed by atoms with van der Waals surface area (Å²) in [5, 5.41) is 16.7. The van der Waals surface area contributed by atoms with E-state index < -0.39 is 0 Å². The first-order valence-electron chi connectivity index (χ1n) is 9.90. The Hall–Kier alpha value is -2.89. The Bertz CT molecular complexity index is 939. The van der Waals surface area contributed by atoms with Crippen LogP contribution in [0.5, 0.6) is 5.75 Å². The van der Waals surface area contributed by atoms with E-state index in [9.17, 15) is 0 Å². The average Bonchev–Trinajstić information content (AvgIpc) is 3.19. The molecule has 0 spiro atoms. The number of para-hydroxylation sites is 2. The number of nitrogens with zero attached hydrogens (tertiary/aromatic N) is 4. The Morgan fingerprint density at radius 3 is 2.43 bits per heavy atom. The number of hydrogen-bond donors (Lipinski definition) is 1. The highest BCUT2D eigenvalue weighted by Crippen LogP contribution is 2.41. The lowest BCUT2D eigenvalue weighted by Gasteiger charge is -2.38. The lowest BCUT2D eigenvalue weighted by atomic mass is 9.80. The lowest BCUT2D eigenvalue weighted by Crippen LogP contribution is -2.40. The van der Waals surface area contributed by atoms with Crippen LogP contribution >= 0.6 is 0 Å². The molecule has 0 atom stereocenters. The Labute approximate surface area is 165 Å². The third-order valence-electron chi connectivity index (χ3n) is 5.54. The van der Waals surface area contributed by atoms with Gasteiger partial charge in [-0.15, -0.1) is 5.10 Å². The molecule has 2 aromatic carbocycles. The molecule has 1 N–H and O–H groups in total. The molecule has 1 heterocycles. The Morgan fingerprint density at radius 2 is 1.71 bits per heavy atom. The molecular weight excluding hydrogens is 350 g/mol. The van der Waals surface area contributed by atoms with Crippen molar-refractivity contribution in [1.29, 1.82) is 0 Å². The molecule has 0 bridgehead atoms. The SMILES string of the molecule is COc1ccccc1NC1(c2nnnn2-c2cc(C)cc(C)c2)CCCCC1. The van der Waals surface area contributed by atoms with Gasteiger partial charge >= 0.3 is 0 Å². The first-order valence-corrected chi connectivity index (χ1v) is 9.90. The highest BCUT2D eigenvalue weighted by Gasteiger charge is 2.39. The number of tetrazole rings is 1. The van der Waals surface area contributed by atoms with E-state index >= 15 is 0 Å². The van der Waals surface area contributed by atoms with Crippen LogP contribution in [-0.4, -0.2) is 27.3 Å². The van der Waals surface area contributed by atoms with Crippen molar-refractivity contribution in [2.24, 2.45) is 0 Å². The molecule has 4 rings (SSSR count). The Balaban J connectivity index is 1.80. The summed E-state index contributed by atoms with van der Waals surface area (Å²) < 4.78 is 7.47. The summed E-state index contributed by atoms with van der Waals surface area (Å²) in [6, 6.07) is 14.5. The van der Waals surface area contributed by atoms with Crippen molar-refractivity contribution in [2.75, 3.05) is 12.4 Å². The van der Waals surface area contributed by atoms with E-state index in [1.165, 1.54) is 17.5 Å². The molecule has 1 saturated carbocycles. The summed E-state index contributed by atoms with van der Waals surface area (Å²) in [4.78, 5) is 0. The zero-order valence-electron chi connectivity index (χ0n) is 16.8. The van der Waals surface area contributed by atoms with Gasteiger partial charge in [-0.25, -0.2) is 0 Å². The molecule has 0 unspecified atom stereocenters. The minimum Gasteiger partial charge on any atom is -0.495 e. The second-order valence-electron chi connectivity index (χ2n) is 7.73. The topological polar surface area (TPSA) is 64.9 Å². The molecule has 0 radical (unpaired) electrons. The van der Waals surface area contributed by atoms with Crippen LogP contribution in [0.15, 0.2) is 42.5 Å². The molecule has 3 aromatic rings. The summed E-state index contributed by atoms with van der Waals surface area (Å²) >= 11 is 0. The first kappa shape index (κ1) is 18.5. The fraction of sp³-hybridized carbons (Fsp3) is 0.409. The summed E-state index contributed by atoms with van der Waals surface area (Å²) in [6.45, 7) is 4.20. The van der Waals surface area contributed by atoms with E-state index in [4.69, 9.17) is 4.74 Å². The Morgan fingerprint density at radius 1 is 1.00 bits per heavy atom. The molecular formula is C22H27N5O. The van der Waals surface area contributed by atoms with Crippen molar-refractivity contribution >= 4 is 5.69 Å². The molecule has 6 heteroatoms. The quantitative estimate of drug-likeness (QED) is 0.706. The number of methoxy groups -OCH3 is 1. The number of aryl methyl sites for hydroxylation is 2. The van der Waals surface area contributed by atoms with Gasteiger partial charge in [-0.3, -0.25) is 0 Å². The molecule has 0 saturated heterocycles. The minimum absolute atomic E-state index is 0.325. The van der Waals surface area contributed by atoms with Gasteiger partial charge in [0, 0.05) is 0 Å². The number of ether oxygens (including phenoxy) is 1. The lowest BCUT2D eigenvalue weighted by molar-refractivity contribution is 0.308. The van der Waals surface area contributed by atoms with E-state index in [1.807, 2.05) is 22.9 Å². The van der Waals surface area contributed by atoms with Crippen LogP contribution in [0.3, 0.4) is 0 Å². The Kier molecular flexibility index (Phi) is 5.03. The molecule has 1 fully saturated rings. The predicted molar refractivity (Wildman–Crippen MR) is 110 cm³/mol. The summed E-state index contributed by atoms with van der Waals surface area (Å²) in [7, 11) is 1.70. The number of aromatic nitrogens is 4. The van der Waals surface area contributed by atoms with Crippen LogP contribution in [0.4, 0.5) is 5.69 Å². The molecule has 0 aliphatic heterocycles. The highest BCUT2D eigenvalue weighted by molar-refractivity contribution is 5.58. The van der Waals surface area contributed by atoms with Crippen LogP contribution < -0.4 is 10.1 Å². The standard InChI is InChI=1S/C22H27N5O/c1-16-13-17(2)15-18(14-16)27-21(24-25-26-27)22(11-7-4-8-12-22)23-19-9-5-6-10-20(19)28-3/h5-6,9-10,13-15,23H,4,7-8,11-12H2,1-3H3. The second-order valence-corrected chi connectivity index (χ2v) is 7.73. The number of nitrogens with one attached hydrogen (secondary N) is 1. The predicted octanol–water partition coefficient (Wildman–Crippen LogP) is 4.56. The van der Waals surface area contributed by atoms with Crippen LogP contribution in [0, 0.1) is 13.8 Å². The molecule has 1 aromatic heterocycles. The van der Waals surface area contributed by atoms with Gasteiger partial charge in [-0.2, -0.15) is 4.68 Å². The maximum absolute atomic E-state index is 5.57. The molecule has 28 heavy (non-hydrogen) atoms. The third kappa shape index (κ3) is 3.46. The smallest absolute Gasteiger partial charge is 0.181 e. The number of rotatable bonds is 5. The van der Waals surface area contributed by atoms with Gasteiger partial charge in [-0.1, -0.05) is 37.5 Å². The van der Waals surface area contributed by atoms with Gasteiger partial charge in [0.15, 0.2) is 5.82 Å². The van der Waals surface area contributed by atoms with Crippen molar-refractivity contribution in [3.63, 3.8) is 0 Å². The van der Waals surface area contributed by atoms with E-state index in [0.29, 0.717) is 0 Å². The number of anilines is 1. The van der Waals surface area contributed by atoms with E-state index in [1.54, 1.807) is 7.11 Å². The zero-order valence-corrected chi connectivity index (χ0v) is 16.8. The molecule has 1 aliphatic carbocycles. The fourth-order valence-electron chi connectivity index (χ4n) is 4.30. The van der Waals surface area contributed by atoms with Gasteiger partial charge in [0.2, 0.25) is 0 Å². The summed E-state index contributed by atoms with van der Waals surface area (Å²) in [5.74, 6) is 1.70. The highest BCUT2D eigenvalue weighted by atomic mass is 16.5. The van der Waals surface area contributed by atoms with Gasteiger partial charge in [0.25, 0.3) is 0 Å². The molecule has 6 nitrogen and oxygen atoms in total.